The number of rotatable bonds is 7. The molecule has 0 fully saturated rings. The monoisotopic (exact) mass is 354 g/mol. The van der Waals surface area contributed by atoms with Crippen LogP contribution >= 0.6 is 0 Å². The normalized spacial score (nSPS) is 10.4. The maximum absolute atomic E-state index is 12.9. The summed E-state index contributed by atoms with van der Waals surface area (Å²) in [5, 5.41) is 8.75. The molecular formula is C19H15FN2O4. The van der Waals surface area contributed by atoms with Gasteiger partial charge < -0.3 is 14.6 Å². The summed E-state index contributed by atoms with van der Waals surface area (Å²) < 4.78 is 23.7. The lowest BCUT2D eigenvalue weighted by atomic mass is 10.0. The molecule has 0 bridgehead atoms. The largest absolute Gasteiger partial charge is 0.474 e. The summed E-state index contributed by atoms with van der Waals surface area (Å²) in [6.07, 6.45) is 2.83. The van der Waals surface area contributed by atoms with E-state index < -0.39 is 5.82 Å². The summed E-state index contributed by atoms with van der Waals surface area (Å²) in [6, 6.07) is 11.8. The number of ketones is 1. The van der Waals surface area contributed by atoms with Crippen LogP contribution in [0.5, 0.6) is 17.5 Å². The van der Waals surface area contributed by atoms with Crippen LogP contribution < -0.4 is 9.47 Å². The zero-order valence-corrected chi connectivity index (χ0v) is 13.6. The van der Waals surface area contributed by atoms with Crippen LogP contribution in [0.2, 0.25) is 0 Å². The molecular weight excluding hydrogens is 339 g/mol. The minimum absolute atomic E-state index is 0.109. The van der Waals surface area contributed by atoms with Crippen LogP contribution in [0.3, 0.4) is 0 Å². The second kappa shape index (κ2) is 8.17. The minimum Gasteiger partial charge on any atom is -0.474 e. The van der Waals surface area contributed by atoms with E-state index in [4.69, 9.17) is 14.6 Å². The Hall–Kier alpha value is -3.32. The van der Waals surface area contributed by atoms with Gasteiger partial charge in [-0.15, -0.1) is 0 Å². The topological polar surface area (TPSA) is 81.5 Å². The number of aromatic nitrogens is 2. The van der Waals surface area contributed by atoms with Crippen molar-refractivity contribution >= 4 is 5.78 Å². The highest BCUT2D eigenvalue weighted by Crippen LogP contribution is 2.22. The van der Waals surface area contributed by atoms with Crippen LogP contribution in [0.15, 0.2) is 60.9 Å². The molecule has 0 saturated heterocycles. The maximum atomic E-state index is 12.9. The van der Waals surface area contributed by atoms with Crippen molar-refractivity contribution in [1.82, 2.24) is 9.97 Å². The van der Waals surface area contributed by atoms with Crippen LogP contribution in [-0.4, -0.2) is 34.1 Å². The number of ether oxygens (including phenoxy) is 2. The molecule has 3 rings (SSSR count). The van der Waals surface area contributed by atoms with Crippen molar-refractivity contribution in [3.05, 3.63) is 77.9 Å². The van der Waals surface area contributed by atoms with Gasteiger partial charge >= 0.3 is 0 Å². The fourth-order valence-electron chi connectivity index (χ4n) is 2.16. The predicted molar refractivity (Wildman–Crippen MR) is 91.0 cm³/mol. The summed E-state index contributed by atoms with van der Waals surface area (Å²) in [7, 11) is 0. The molecule has 3 aromatic rings. The number of benzene rings is 2. The van der Waals surface area contributed by atoms with Crippen molar-refractivity contribution in [2.75, 3.05) is 13.2 Å². The summed E-state index contributed by atoms with van der Waals surface area (Å²) in [4.78, 5) is 20.4. The number of hydrogen-bond donors (Lipinski definition) is 1. The van der Waals surface area contributed by atoms with Gasteiger partial charge in [0.25, 0.3) is 0 Å². The van der Waals surface area contributed by atoms with Crippen molar-refractivity contribution in [2.45, 2.75) is 0 Å². The molecule has 7 heteroatoms. The average molecular weight is 354 g/mol. The Morgan fingerprint density at radius 2 is 1.58 bits per heavy atom. The van der Waals surface area contributed by atoms with Crippen LogP contribution in [0.4, 0.5) is 4.39 Å². The minimum atomic E-state index is -0.392. The van der Waals surface area contributed by atoms with E-state index in [0.29, 0.717) is 16.9 Å². The first-order valence-corrected chi connectivity index (χ1v) is 7.79. The molecule has 1 aromatic heterocycles. The lowest BCUT2D eigenvalue weighted by Gasteiger charge is -2.07. The third kappa shape index (κ3) is 4.40. The molecule has 0 aliphatic heterocycles. The zero-order chi connectivity index (χ0) is 18.4. The van der Waals surface area contributed by atoms with Gasteiger partial charge in [0, 0.05) is 11.1 Å². The molecule has 2 aromatic carbocycles. The quantitative estimate of drug-likeness (QED) is 0.657. The van der Waals surface area contributed by atoms with E-state index >= 15 is 0 Å². The van der Waals surface area contributed by atoms with E-state index in [9.17, 15) is 9.18 Å². The molecule has 26 heavy (non-hydrogen) atoms. The van der Waals surface area contributed by atoms with Gasteiger partial charge in [0.1, 0.15) is 18.2 Å². The van der Waals surface area contributed by atoms with Crippen LogP contribution in [-0.2, 0) is 0 Å². The van der Waals surface area contributed by atoms with E-state index in [-0.39, 0.29) is 30.8 Å². The van der Waals surface area contributed by atoms with Gasteiger partial charge in [-0.2, -0.15) is 4.98 Å². The van der Waals surface area contributed by atoms with Crippen LogP contribution in [0.1, 0.15) is 15.9 Å². The molecule has 0 radical (unpaired) electrons. The van der Waals surface area contributed by atoms with Gasteiger partial charge in [-0.25, -0.2) is 4.39 Å². The Kier molecular flexibility index (Phi) is 5.50. The van der Waals surface area contributed by atoms with Crippen molar-refractivity contribution in [1.29, 1.82) is 0 Å². The van der Waals surface area contributed by atoms with Crippen molar-refractivity contribution in [3.63, 3.8) is 0 Å². The van der Waals surface area contributed by atoms with Gasteiger partial charge in [-0.3, -0.25) is 9.78 Å². The molecule has 0 aliphatic rings. The highest BCUT2D eigenvalue weighted by molar-refractivity contribution is 6.08. The molecule has 0 spiro atoms. The standard InChI is InChI=1S/C19H15FN2O4/c20-15-5-1-13(2-6-15)19(24)14-3-7-16(8-4-14)26-18-12-21-11-17(22-18)25-10-9-23/h1-8,11-12,23H,9-10H2. The van der Waals surface area contributed by atoms with E-state index in [1.54, 1.807) is 24.3 Å². The molecule has 0 saturated carbocycles. The first kappa shape index (κ1) is 17.5. The van der Waals surface area contributed by atoms with Gasteiger partial charge in [-0.1, -0.05) is 0 Å². The molecule has 0 aliphatic carbocycles. The number of carbonyl (C=O) groups is 1. The molecule has 1 heterocycles. The maximum Gasteiger partial charge on any atom is 0.241 e. The SMILES string of the molecule is O=C(c1ccc(F)cc1)c1ccc(Oc2cncc(OCCO)n2)cc1. The van der Waals surface area contributed by atoms with Crippen LogP contribution in [0, 0.1) is 5.82 Å². The highest BCUT2D eigenvalue weighted by atomic mass is 19.1. The van der Waals surface area contributed by atoms with Gasteiger partial charge in [0.2, 0.25) is 11.8 Å². The van der Waals surface area contributed by atoms with Crippen molar-refractivity contribution in [3.8, 4) is 17.5 Å². The summed E-state index contributed by atoms with van der Waals surface area (Å²) >= 11 is 0. The summed E-state index contributed by atoms with van der Waals surface area (Å²) in [5.41, 5.74) is 0.856. The molecule has 1 N–H and O–H groups in total. The second-order valence-electron chi connectivity index (χ2n) is 5.23. The second-order valence-corrected chi connectivity index (χ2v) is 5.23. The molecule has 0 amide bonds. The van der Waals surface area contributed by atoms with E-state index in [1.165, 1.54) is 36.7 Å². The van der Waals surface area contributed by atoms with Gasteiger partial charge in [-0.05, 0) is 48.5 Å². The van der Waals surface area contributed by atoms with Crippen molar-refractivity contribution in [2.24, 2.45) is 0 Å². The average Bonchev–Trinajstić information content (AvgIpc) is 2.67. The first-order valence-electron chi connectivity index (χ1n) is 7.79. The Labute approximate surface area is 148 Å². The van der Waals surface area contributed by atoms with E-state index in [1.807, 2.05) is 0 Å². The van der Waals surface area contributed by atoms with Crippen molar-refractivity contribution < 1.29 is 23.8 Å². The molecule has 132 valence electrons. The van der Waals surface area contributed by atoms with E-state index in [0.717, 1.165) is 0 Å². The Morgan fingerprint density at radius 3 is 2.23 bits per heavy atom. The van der Waals surface area contributed by atoms with Crippen LogP contribution in [0.25, 0.3) is 0 Å². The third-order valence-corrected chi connectivity index (χ3v) is 3.38. The summed E-state index contributed by atoms with van der Waals surface area (Å²) in [5.74, 6) is 0.319. The highest BCUT2D eigenvalue weighted by Gasteiger charge is 2.10. The number of nitrogens with zero attached hydrogens (tertiary/aromatic N) is 2. The Morgan fingerprint density at radius 1 is 0.962 bits per heavy atom. The van der Waals surface area contributed by atoms with Gasteiger partial charge in [0.15, 0.2) is 5.78 Å². The fourth-order valence-corrected chi connectivity index (χ4v) is 2.16. The number of halogens is 1. The lowest BCUT2D eigenvalue weighted by molar-refractivity contribution is 0.103. The molecule has 0 atom stereocenters. The first-order chi connectivity index (χ1) is 12.7. The van der Waals surface area contributed by atoms with Gasteiger partial charge in [0.05, 0.1) is 19.0 Å². The number of carbonyl (C=O) groups excluding carboxylic acids is 1. The van der Waals surface area contributed by atoms with E-state index in [2.05, 4.69) is 9.97 Å². The number of aliphatic hydroxyl groups excluding tert-OH is 1. The molecule has 0 unspecified atom stereocenters. The Bertz CT molecular complexity index is 883. The smallest absolute Gasteiger partial charge is 0.241 e. The number of hydrogen-bond acceptors (Lipinski definition) is 6. The fraction of sp³-hybridized carbons (Fsp3) is 0.105. The number of aliphatic hydroxyl groups is 1. The Balaban J connectivity index is 1.69. The third-order valence-electron chi connectivity index (χ3n) is 3.38. The summed E-state index contributed by atoms with van der Waals surface area (Å²) in [6.45, 7) is -0.0192. The molecule has 6 nitrogen and oxygen atoms in total. The lowest BCUT2D eigenvalue weighted by Crippen LogP contribution is -2.04. The predicted octanol–water partition coefficient (Wildman–Crippen LogP) is 3.01. The zero-order valence-electron chi connectivity index (χ0n) is 13.6.